The molecule has 0 aromatic heterocycles. The van der Waals surface area contributed by atoms with E-state index in [1.165, 1.54) is 4.90 Å². The molecule has 3 fully saturated rings. The molecular formula is C20H21N3O4. The topological polar surface area (TPSA) is 91.7 Å². The van der Waals surface area contributed by atoms with Crippen LogP contribution in [0.1, 0.15) is 50.2 Å². The summed E-state index contributed by atoms with van der Waals surface area (Å²) in [4.78, 5) is 25.8. The minimum Gasteiger partial charge on any atom is -0.492 e. The molecule has 3 amide bonds. The number of nitrogens with one attached hydrogen (secondary N) is 1. The van der Waals surface area contributed by atoms with Crippen molar-refractivity contribution in [3.8, 4) is 17.6 Å². The van der Waals surface area contributed by atoms with E-state index in [9.17, 15) is 14.9 Å². The average Bonchev–Trinajstić information content (AvgIpc) is 3.24. The van der Waals surface area contributed by atoms with Gasteiger partial charge < -0.3 is 14.8 Å². The first kappa shape index (κ1) is 16.4. The van der Waals surface area contributed by atoms with Crippen LogP contribution in [-0.2, 0) is 10.2 Å². The number of fused-ring (bicyclic) bond motifs is 2. The van der Waals surface area contributed by atoms with Crippen LogP contribution in [0.4, 0.5) is 4.79 Å². The molecule has 0 bridgehead atoms. The van der Waals surface area contributed by atoms with Gasteiger partial charge in [-0.25, -0.2) is 4.79 Å². The summed E-state index contributed by atoms with van der Waals surface area (Å²) in [6, 6.07) is 4.93. The lowest BCUT2D eigenvalue weighted by Crippen LogP contribution is -2.52. The average molecular weight is 367 g/mol. The number of imide groups is 1. The highest BCUT2D eigenvalue weighted by Crippen LogP contribution is 2.59. The number of urea groups is 1. The maximum absolute atomic E-state index is 12.3. The van der Waals surface area contributed by atoms with E-state index in [1.54, 1.807) is 12.1 Å². The first-order valence-electron chi connectivity index (χ1n) is 9.56. The maximum Gasteiger partial charge on any atom is 0.325 e. The molecule has 1 N–H and O–H groups in total. The molecule has 4 aliphatic rings. The Morgan fingerprint density at radius 3 is 2.78 bits per heavy atom. The largest absolute Gasteiger partial charge is 0.492 e. The molecule has 0 unspecified atom stereocenters. The van der Waals surface area contributed by atoms with Crippen LogP contribution < -0.4 is 14.8 Å². The van der Waals surface area contributed by atoms with E-state index >= 15 is 0 Å². The zero-order valence-corrected chi connectivity index (χ0v) is 15.2. The first-order valence-corrected chi connectivity index (χ1v) is 9.56. The molecule has 2 aliphatic heterocycles. The van der Waals surface area contributed by atoms with E-state index in [0.717, 1.165) is 29.9 Å². The fourth-order valence-corrected chi connectivity index (χ4v) is 4.41. The molecule has 5 rings (SSSR count). The van der Waals surface area contributed by atoms with Crippen LogP contribution in [0.5, 0.6) is 11.5 Å². The third kappa shape index (κ3) is 2.39. The molecule has 1 aromatic rings. The maximum atomic E-state index is 12.3. The number of rotatable bonds is 4. The van der Waals surface area contributed by atoms with Crippen molar-refractivity contribution in [3.05, 3.63) is 23.3 Å². The summed E-state index contributed by atoms with van der Waals surface area (Å²) in [5.41, 5.74) is 1.67. The number of nitrogens with zero attached hydrogens (tertiary/aromatic N) is 2. The number of carbonyl (C=O) groups excluding carboxylic acids is 2. The van der Waals surface area contributed by atoms with Gasteiger partial charge in [0.05, 0.1) is 18.2 Å². The minimum atomic E-state index is -0.403. The summed E-state index contributed by atoms with van der Waals surface area (Å²) >= 11 is 0. The van der Waals surface area contributed by atoms with Crippen molar-refractivity contribution < 1.29 is 19.1 Å². The number of ether oxygens (including phenoxy) is 2. The van der Waals surface area contributed by atoms with E-state index in [4.69, 9.17) is 9.47 Å². The van der Waals surface area contributed by atoms with Crippen molar-refractivity contribution in [2.45, 2.75) is 62.6 Å². The Morgan fingerprint density at radius 2 is 2.15 bits per heavy atom. The van der Waals surface area contributed by atoms with Crippen molar-refractivity contribution in [2.24, 2.45) is 0 Å². The number of carbonyl (C=O) groups is 2. The van der Waals surface area contributed by atoms with Crippen LogP contribution >= 0.6 is 0 Å². The van der Waals surface area contributed by atoms with E-state index in [2.05, 4.69) is 11.4 Å². The summed E-state index contributed by atoms with van der Waals surface area (Å²) in [7, 11) is 0. The van der Waals surface area contributed by atoms with Crippen LogP contribution in [0.25, 0.3) is 0 Å². The molecule has 2 aliphatic carbocycles. The van der Waals surface area contributed by atoms with Gasteiger partial charge in [0.1, 0.15) is 23.6 Å². The second-order valence-corrected chi connectivity index (χ2v) is 8.01. The van der Waals surface area contributed by atoms with Crippen LogP contribution in [0.15, 0.2) is 12.1 Å². The van der Waals surface area contributed by atoms with Crippen molar-refractivity contribution in [1.82, 2.24) is 10.2 Å². The highest BCUT2D eigenvalue weighted by molar-refractivity contribution is 6.04. The van der Waals surface area contributed by atoms with Gasteiger partial charge in [0, 0.05) is 29.9 Å². The number of nitriles is 1. The molecule has 1 saturated heterocycles. The Labute approximate surface area is 157 Å². The SMILES string of the molecule is CC[C@@H]1NC(=O)N(C2CC(Oc3cc(C#N)cc4c3C3(CC3)CO4)C2)C1=O. The van der Waals surface area contributed by atoms with Crippen LogP contribution in [-0.4, -0.2) is 41.6 Å². The monoisotopic (exact) mass is 367 g/mol. The molecule has 7 heteroatoms. The molecule has 140 valence electrons. The third-order valence-corrected chi connectivity index (χ3v) is 6.27. The van der Waals surface area contributed by atoms with Gasteiger partial charge in [-0.2, -0.15) is 5.26 Å². The molecule has 0 radical (unpaired) electrons. The smallest absolute Gasteiger partial charge is 0.325 e. The molecule has 2 saturated carbocycles. The molecule has 1 spiro atoms. The number of benzene rings is 1. The minimum absolute atomic E-state index is 0.0565. The van der Waals surface area contributed by atoms with Gasteiger partial charge in [0.25, 0.3) is 5.91 Å². The predicted octanol–water partition coefficient (Wildman–Crippen LogP) is 2.22. The second-order valence-electron chi connectivity index (χ2n) is 8.01. The van der Waals surface area contributed by atoms with Crippen molar-refractivity contribution in [2.75, 3.05) is 6.61 Å². The molecule has 2 heterocycles. The predicted molar refractivity (Wildman–Crippen MR) is 94.5 cm³/mol. The Balaban J connectivity index is 1.31. The van der Waals surface area contributed by atoms with Crippen molar-refractivity contribution >= 4 is 11.9 Å². The van der Waals surface area contributed by atoms with Gasteiger partial charge in [-0.15, -0.1) is 0 Å². The number of hydrogen-bond donors (Lipinski definition) is 1. The normalized spacial score (nSPS) is 29.6. The van der Waals surface area contributed by atoms with Crippen molar-refractivity contribution in [1.29, 1.82) is 5.26 Å². The molecular weight excluding hydrogens is 346 g/mol. The van der Waals surface area contributed by atoms with Gasteiger partial charge in [-0.1, -0.05) is 6.92 Å². The van der Waals surface area contributed by atoms with Crippen LogP contribution in [0.3, 0.4) is 0 Å². The first-order chi connectivity index (χ1) is 13.0. The quantitative estimate of drug-likeness (QED) is 0.824. The van der Waals surface area contributed by atoms with E-state index in [0.29, 0.717) is 31.4 Å². The highest BCUT2D eigenvalue weighted by atomic mass is 16.5. The fourth-order valence-electron chi connectivity index (χ4n) is 4.41. The van der Waals surface area contributed by atoms with E-state index < -0.39 is 6.04 Å². The van der Waals surface area contributed by atoms with Crippen molar-refractivity contribution in [3.63, 3.8) is 0 Å². The Bertz CT molecular complexity index is 880. The van der Waals surface area contributed by atoms with Crippen LogP contribution in [0.2, 0.25) is 0 Å². The number of amides is 3. The summed E-state index contributed by atoms with van der Waals surface area (Å²) in [6.45, 7) is 2.54. The van der Waals surface area contributed by atoms with Gasteiger partial charge in [0.2, 0.25) is 0 Å². The van der Waals surface area contributed by atoms with Gasteiger partial charge >= 0.3 is 6.03 Å². The molecule has 27 heavy (non-hydrogen) atoms. The summed E-state index contributed by atoms with van der Waals surface area (Å²) in [6.07, 6.45) is 3.94. The van der Waals surface area contributed by atoms with Crippen LogP contribution in [0, 0.1) is 11.3 Å². The second kappa shape index (κ2) is 5.62. The lowest BCUT2D eigenvalue weighted by Gasteiger charge is -2.39. The van der Waals surface area contributed by atoms with Gasteiger partial charge in [0.15, 0.2) is 0 Å². The summed E-state index contributed by atoms with van der Waals surface area (Å²) in [5.74, 6) is 1.35. The lowest BCUT2D eigenvalue weighted by molar-refractivity contribution is -0.131. The fraction of sp³-hybridized carbons (Fsp3) is 0.550. The van der Waals surface area contributed by atoms with Gasteiger partial charge in [-0.3, -0.25) is 9.69 Å². The Hall–Kier alpha value is -2.75. The lowest BCUT2D eigenvalue weighted by atomic mass is 9.87. The van der Waals surface area contributed by atoms with E-state index in [1.807, 2.05) is 6.92 Å². The number of hydrogen-bond acceptors (Lipinski definition) is 5. The molecule has 7 nitrogen and oxygen atoms in total. The summed E-state index contributed by atoms with van der Waals surface area (Å²) < 4.78 is 12.0. The third-order valence-electron chi connectivity index (χ3n) is 6.27. The molecule has 1 aromatic carbocycles. The van der Waals surface area contributed by atoms with E-state index in [-0.39, 0.29) is 29.5 Å². The zero-order valence-electron chi connectivity index (χ0n) is 15.2. The zero-order chi connectivity index (χ0) is 18.8. The van der Waals surface area contributed by atoms with Gasteiger partial charge in [-0.05, 0) is 31.4 Å². The standard InChI is InChI=1S/C20H21N3O4/c1-2-14-18(24)23(19(25)22-14)12-7-13(8-12)27-16-6-11(9-21)5-15-17(16)20(3-4-20)10-26-15/h5-6,12-14H,2-4,7-8,10H2,1H3,(H,22,25)/t12?,13?,14-/m0/s1. The highest BCUT2D eigenvalue weighted by Gasteiger charge is 2.53. The summed E-state index contributed by atoms with van der Waals surface area (Å²) in [5, 5.41) is 12.0. The molecule has 1 atom stereocenters. The Kier molecular flexibility index (Phi) is 3.42. The Morgan fingerprint density at radius 1 is 1.37 bits per heavy atom.